The topological polar surface area (TPSA) is 88.7 Å². The van der Waals surface area contributed by atoms with Gasteiger partial charge in [0.25, 0.3) is 0 Å². The SMILES string of the molecule is O=C1c2cc(C(CCCN3CCCCC3)=NO)ccc2-c2ccc(C(CCCN3CCCCC3)=NO)cc21. The fourth-order valence-corrected chi connectivity index (χ4v) is 6.25. The van der Waals surface area contributed by atoms with Crippen LogP contribution in [0.3, 0.4) is 0 Å². The molecule has 1 aliphatic carbocycles. The molecule has 0 saturated carbocycles. The predicted molar refractivity (Wildman–Crippen MR) is 151 cm³/mol. The van der Waals surface area contributed by atoms with Crippen LogP contribution in [-0.2, 0) is 0 Å². The van der Waals surface area contributed by atoms with E-state index in [1.54, 1.807) is 0 Å². The van der Waals surface area contributed by atoms with Crippen LogP contribution in [0.4, 0.5) is 0 Å². The first-order valence-corrected chi connectivity index (χ1v) is 14.4. The first-order chi connectivity index (χ1) is 18.7. The van der Waals surface area contributed by atoms with Crippen LogP contribution in [0.25, 0.3) is 11.1 Å². The van der Waals surface area contributed by atoms with Crippen molar-refractivity contribution in [1.29, 1.82) is 0 Å². The van der Waals surface area contributed by atoms with E-state index in [0.717, 1.165) is 74.4 Å². The summed E-state index contributed by atoms with van der Waals surface area (Å²) in [4.78, 5) is 18.4. The Hall–Kier alpha value is -3.03. The van der Waals surface area contributed by atoms with E-state index in [4.69, 9.17) is 0 Å². The second kappa shape index (κ2) is 12.7. The van der Waals surface area contributed by atoms with Crippen LogP contribution in [-0.4, -0.2) is 76.7 Å². The van der Waals surface area contributed by atoms with Crippen molar-refractivity contribution in [3.63, 3.8) is 0 Å². The Balaban J connectivity index is 1.24. The molecule has 38 heavy (non-hydrogen) atoms. The van der Waals surface area contributed by atoms with Gasteiger partial charge in [0.15, 0.2) is 5.78 Å². The molecule has 2 N–H and O–H groups in total. The van der Waals surface area contributed by atoms with Crippen LogP contribution in [0.5, 0.6) is 0 Å². The van der Waals surface area contributed by atoms with Gasteiger partial charge in [0.2, 0.25) is 0 Å². The summed E-state index contributed by atoms with van der Waals surface area (Å²) >= 11 is 0. The zero-order valence-corrected chi connectivity index (χ0v) is 22.4. The molecule has 2 aromatic carbocycles. The molecule has 2 heterocycles. The lowest BCUT2D eigenvalue weighted by Crippen LogP contribution is -2.30. The van der Waals surface area contributed by atoms with Crippen molar-refractivity contribution in [2.75, 3.05) is 39.3 Å². The largest absolute Gasteiger partial charge is 0.411 e. The summed E-state index contributed by atoms with van der Waals surface area (Å²) < 4.78 is 0. The van der Waals surface area contributed by atoms with Crippen molar-refractivity contribution >= 4 is 17.2 Å². The van der Waals surface area contributed by atoms with E-state index in [2.05, 4.69) is 20.1 Å². The molecule has 7 heteroatoms. The lowest BCUT2D eigenvalue weighted by Gasteiger charge is -2.26. The Morgan fingerprint density at radius 1 is 0.632 bits per heavy atom. The Morgan fingerprint density at radius 2 is 1.05 bits per heavy atom. The first kappa shape index (κ1) is 26.6. The molecule has 2 aromatic rings. The second-order valence-corrected chi connectivity index (χ2v) is 11.0. The third kappa shape index (κ3) is 6.00. The number of benzene rings is 2. The van der Waals surface area contributed by atoms with Gasteiger partial charge in [-0.15, -0.1) is 0 Å². The van der Waals surface area contributed by atoms with Gasteiger partial charge in [0.1, 0.15) is 0 Å². The number of nitrogens with zero attached hydrogens (tertiary/aromatic N) is 4. The number of ketones is 1. The number of piperidine rings is 2. The van der Waals surface area contributed by atoms with E-state index in [1.807, 2.05) is 36.4 Å². The molecule has 3 aliphatic rings. The van der Waals surface area contributed by atoms with Crippen LogP contribution in [0.15, 0.2) is 46.7 Å². The van der Waals surface area contributed by atoms with Gasteiger partial charge < -0.3 is 20.2 Å². The Morgan fingerprint density at radius 3 is 1.45 bits per heavy atom. The standard InChI is InChI=1S/C31H40N4O3/c36-31-27-21-23(29(32-37)9-7-19-34-15-3-1-4-16-34)11-13-25(27)26-14-12-24(22-28(26)31)30(33-38)10-8-20-35-17-5-2-6-18-35/h11-14,21-22,37-38H,1-10,15-20H2. The van der Waals surface area contributed by atoms with E-state index in [1.165, 1.54) is 38.5 Å². The van der Waals surface area contributed by atoms with Crippen LogP contribution < -0.4 is 0 Å². The Labute approximate surface area is 225 Å². The second-order valence-electron chi connectivity index (χ2n) is 11.0. The van der Waals surface area contributed by atoms with Gasteiger partial charge in [-0.2, -0.15) is 0 Å². The van der Waals surface area contributed by atoms with E-state index < -0.39 is 0 Å². The lowest BCUT2D eigenvalue weighted by atomic mass is 9.98. The third-order valence-electron chi connectivity index (χ3n) is 8.40. The summed E-state index contributed by atoms with van der Waals surface area (Å²) in [6, 6.07) is 11.6. The van der Waals surface area contributed by atoms with Gasteiger partial charge >= 0.3 is 0 Å². The predicted octanol–water partition coefficient (Wildman–Crippen LogP) is 5.79. The smallest absolute Gasteiger partial charge is 0.194 e. The normalized spacial score (nSPS) is 19.0. The Kier molecular flexibility index (Phi) is 8.86. The van der Waals surface area contributed by atoms with Gasteiger partial charge in [-0.3, -0.25) is 4.79 Å². The van der Waals surface area contributed by atoms with Crippen molar-refractivity contribution in [3.05, 3.63) is 58.7 Å². The number of oxime groups is 2. The molecule has 0 bridgehead atoms. The van der Waals surface area contributed by atoms with Crippen molar-refractivity contribution in [1.82, 2.24) is 9.80 Å². The number of rotatable bonds is 10. The molecule has 0 atom stereocenters. The summed E-state index contributed by atoms with van der Waals surface area (Å²) in [5.74, 6) is -0.0325. The van der Waals surface area contributed by atoms with Gasteiger partial charge in [0, 0.05) is 22.3 Å². The molecular weight excluding hydrogens is 476 g/mol. The summed E-state index contributed by atoms with van der Waals surface area (Å²) in [7, 11) is 0. The number of carbonyl (C=O) groups excluding carboxylic acids is 1. The maximum absolute atomic E-state index is 13.4. The van der Waals surface area contributed by atoms with Crippen LogP contribution in [0.2, 0.25) is 0 Å². The van der Waals surface area contributed by atoms with Crippen LogP contribution >= 0.6 is 0 Å². The molecule has 5 rings (SSSR count). The van der Waals surface area contributed by atoms with E-state index in [-0.39, 0.29) is 5.78 Å². The number of hydrogen-bond acceptors (Lipinski definition) is 7. The maximum Gasteiger partial charge on any atom is 0.194 e. The third-order valence-corrected chi connectivity index (χ3v) is 8.40. The zero-order chi connectivity index (χ0) is 26.3. The van der Waals surface area contributed by atoms with E-state index in [9.17, 15) is 15.2 Å². The number of fused-ring (bicyclic) bond motifs is 3. The average molecular weight is 517 g/mol. The summed E-state index contributed by atoms with van der Waals surface area (Å²) in [5, 5.41) is 26.6. The molecular formula is C31H40N4O3. The van der Waals surface area contributed by atoms with E-state index in [0.29, 0.717) is 35.4 Å². The maximum atomic E-state index is 13.4. The molecule has 2 aliphatic heterocycles. The molecule has 202 valence electrons. The molecule has 0 aromatic heterocycles. The van der Waals surface area contributed by atoms with Crippen molar-refractivity contribution < 1.29 is 15.2 Å². The molecule has 2 fully saturated rings. The quantitative estimate of drug-likeness (QED) is 0.202. The number of carbonyl (C=O) groups is 1. The molecule has 0 spiro atoms. The highest BCUT2D eigenvalue weighted by atomic mass is 16.4. The fourth-order valence-electron chi connectivity index (χ4n) is 6.25. The lowest BCUT2D eigenvalue weighted by molar-refractivity contribution is 0.104. The Bertz CT molecular complexity index is 1100. The van der Waals surface area contributed by atoms with Gasteiger partial charge in [0.05, 0.1) is 11.4 Å². The molecule has 7 nitrogen and oxygen atoms in total. The highest BCUT2D eigenvalue weighted by Crippen LogP contribution is 2.38. The first-order valence-electron chi connectivity index (χ1n) is 14.4. The summed E-state index contributed by atoms with van der Waals surface area (Å²) in [6.45, 7) is 6.62. The number of likely N-dealkylation sites (tertiary alicyclic amines) is 2. The van der Waals surface area contributed by atoms with Crippen LogP contribution in [0.1, 0.15) is 91.3 Å². The van der Waals surface area contributed by atoms with Crippen molar-refractivity contribution in [3.8, 4) is 11.1 Å². The zero-order valence-electron chi connectivity index (χ0n) is 22.4. The van der Waals surface area contributed by atoms with Crippen molar-refractivity contribution in [2.24, 2.45) is 10.3 Å². The van der Waals surface area contributed by atoms with E-state index >= 15 is 0 Å². The van der Waals surface area contributed by atoms with Crippen molar-refractivity contribution in [2.45, 2.75) is 64.2 Å². The summed E-state index contributed by atoms with van der Waals surface area (Å²) in [5.41, 5.74) is 5.91. The molecule has 0 unspecified atom stereocenters. The van der Waals surface area contributed by atoms with Gasteiger partial charge in [-0.05, 0) is 114 Å². The minimum atomic E-state index is -0.0325. The molecule has 0 radical (unpaired) electrons. The fraction of sp³-hybridized carbons (Fsp3) is 0.516. The minimum absolute atomic E-state index is 0.0325. The average Bonchev–Trinajstić information content (AvgIpc) is 3.25. The highest BCUT2D eigenvalue weighted by Gasteiger charge is 2.28. The van der Waals surface area contributed by atoms with Crippen LogP contribution in [0, 0.1) is 0 Å². The molecule has 0 amide bonds. The minimum Gasteiger partial charge on any atom is -0.411 e. The highest BCUT2D eigenvalue weighted by molar-refractivity contribution is 6.23. The van der Waals surface area contributed by atoms with Gasteiger partial charge in [-0.25, -0.2) is 0 Å². The number of hydrogen-bond donors (Lipinski definition) is 2. The van der Waals surface area contributed by atoms with Gasteiger partial charge in [-0.1, -0.05) is 47.4 Å². The monoisotopic (exact) mass is 516 g/mol. The molecule has 2 saturated heterocycles. The summed E-state index contributed by atoms with van der Waals surface area (Å²) in [6.07, 6.45) is 10.9.